The Bertz CT molecular complexity index is 315. The van der Waals surface area contributed by atoms with Crippen molar-refractivity contribution in [3.63, 3.8) is 0 Å². The second-order valence-corrected chi connectivity index (χ2v) is 8.67. The number of carbonyl (C=O) groups is 1. The van der Waals surface area contributed by atoms with Gasteiger partial charge in [-0.3, -0.25) is 4.79 Å². The Balaban J connectivity index is 1.77. The Morgan fingerprint density at radius 2 is 2.27 bits per heavy atom. The lowest BCUT2D eigenvalue weighted by atomic mass is 10.1. The highest BCUT2D eigenvalue weighted by atomic mass is 33.1. The van der Waals surface area contributed by atoms with Crippen LogP contribution in [-0.4, -0.2) is 42.6 Å². The van der Waals surface area contributed by atoms with Gasteiger partial charge in [0.05, 0.1) is 19.1 Å². The van der Waals surface area contributed by atoms with Crippen LogP contribution in [0.2, 0.25) is 0 Å². The molecule has 2 unspecified atom stereocenters. The van der Waals surface area contributed by atoms with Gasteiger partial charge in [0, 0.05) is 17.6 Å². The summed E-state index contributed by atoms with van der Waals surface area (Å²) in [5.74, 6) is 1.10. The minimum atomic E-state index is -0.142. The van der Waals surface area contributed by atoms with Crippen LogP contribution in [0.15, 0.2) is 0 Å². The zero-order valence-electron chi connectivity index (χ0n) is 13.5. The molecular weight excluding hydrogens is 320 g/mol. The van der Waals surface area contributed by atoms with Crippen molar-refractivity contribution in [1.29, 1.82) is 0 Å². The predicted molar refractivity (Wildman–Crippen MR) is 92.0 cm³/mol. The van der Waals surface area contributed by atoms with Crippen LogP contribution in [0.3, 0.4) is 0 Å². The molecule has 0 radical (unpaired) electrons. The van der Waals surface area contributed by atoms with Gasteiger partial charge in [0.15, 0.2) is 6.29 Å². The van der Waals surface area contributed by atoms with Crippen LogP contribution in [0.1, 0.15) is 58.3 Å². The van der Waals surface area contributed by atoms with Gasteiger partial charge in [-0.2, -0.15) is 0 Å². The molecule has 2 saturated heterocycles. The molecule has 0 aromatic heterocycles. The molecule has 0 aliphatic carbocycles. The summed E-state index contributed by atoms with van der Waals surface area (Å²) in [6, 6.07) is 0. The summed E-state index contributed by atoms with van der Waals surface area (Å²) in [6.45, 7) is 3.28. The van der Waals surface area contributed by atoms with Crippen molar-refractivity contribution in [2.24, 2.45) is 0 Å². The summed E-state index contributed by atoms with van der Waals surface area (Å²) in [7, 11) is 3.93. The summed E-state index contributed by atoms with van der Waals surface area (Å²) in [4.78, 5) is 11.9. The summed E-state index contributed by atoms with van der Waals surface area (Å²) in [5, 5.41) is 0.704. The van der Waals surface area contributed by atoms with Crippen molar-refractivity contribution in [2.75, 3.05) is 19.0 Å². The van der Waals surface area contributed by atoms with E-state index in [1.54, 1.807) is 0 Å². The number of rotatable bonds is 9. The lowest BCUT2D eigenvalue weighted by Crippen LogP contribution is -2.30. The average Bonchev–Trinajstić information content (AvgIpc) is 3.05. The molecule has 3 atom stereocenters. The third-order valence-electron chi connectivity index (χ3n) is 3.88. The molecular formula is C16H28O4S2. The minimum absolute atomic E-state index is 0.0707. The maximum atomic E-state index is 11.9. The van der Waals surface area contributed by atoms with Crippen molar-refractivity contribution in [1.82, 2.24) is 0 Å². The monoisotopic (exact) mass is 348 g/mol. The molecule has 0 aromatic carbocycles. The van der Waals surface area contributed by atoms with Gasteiger partial charge >= 0.3 is 5.97 Å². The molecule has 22 heavy (non-hydrogen) atoms. The highest BCUT2D eigenvalue weighted by molar-refractivity contribution is 8.77. The normalized spacial score (nSPS) is 26.8. The third-order valence-corrected chi connectivity index (χ3v) is 6.89. The van der Waals surface area contributed by atoms with Gasteiger partial charge in [0.1, 0.15) is 0 Å². The van der Waals surface area contributed by atoms with Crippen molar-refractivity contribution >= 4 is 27.6 Å². The first-order chi connectivity index (χ1) is 10.8. The van der Waals surface area contributed by atoms with E-state index in [2.05, 4.69) is 0 Å². The molecule has 0 spiro atoms. The highest BCUT2D eigenvalue weighted by Crippen LogP contribution is 2.40. The zero-order valence-corrected chi connectivity index (χ0v) is 15.1. The topological polar surface area (TPSA) is 44.8 Å². The fourth-order valence-electron chi connectivity index (χ4n) is 2.65. The van der Waals surface area contributed by atoms with Gasteiger partial charge in [0.2, 0.25) is 0 Å². The van der Waals surface area contributed by atoms with Crippen LogP contribution in [0.5, 0.6) is 0 Å². The Labute approximate surface area is 141 Å². The number of hydrogen-bond donors (Lipinski definition) is 0. The second-order valence-electron chi connectivity index (χ2n) is 5.89. The number of hydrogen-bond acceptors (Lipinski definition) is 6. The molecule has 2 aliphatic rings. The van der Waals surface area contributed by atoms with Gasteiger partial charge < -0.3 is 14.2 Å². The van der Waals surface area contributed by atoms with E-state index in [9.17, 15) is 4.79 Å². The molecule has 0 aromatic rings. The van der Waals surface area contributed by atoms with E-state index in [1.807, 2.05) is 28.5 Å². The first-order valence-electron chi connectivity index (χ1n) is 8.49. The van der Waals surface area contributed by atoms with Gasteiger partial charge in [-0.15, -0.1) is 0 Å². The van der Waals surface area contributed by atoms with E-state index in [-0.39, 0.29) is 18.4 Å². The van der Waals surface area contributed by atoms with E-state index < -0.39 is 0 Å². The molecule has 2 heterocycles. The van der Waals surface area contributed by atoms with Crippen LogP contribution < -0.4 is 0 Å². The zero-order chi connectivity index (χ0) is 15.6. The Morgan fingerprint density at radius 1 is 1.36 bits per heavy atom. The fourth-order valence-corrected chi connectivity index (χ4v) is 5.65. The molecule has 2 fully saturated rings. The average molecular weight is 349 g/mol. The summed E-state index contributed by atoms with van der Waals surface area (Å²) in [5.41, 5.74) is 0. The Hall–Kier alpha value is 0.0900. The van der Waals surface area contributed by atoms with Crippen LogP contribution >= 0.6 is 21.6 Å². The SMILES string of the molecule is CCCOC(=O)CC(CC[C@@H]1CCSS1)OC1CCCCO1. The molecule has 0 amide bonds. The predicted octanol–water partition coefficient (Wildman–Crippen LogP) is 4.18. The lowest BCUT2D eigenvalue weighted by Gasteiger charge is -2.28. The first-order valence-corrected chi connectivity index (χ1v) is 10.9. The van der Waals surface area contributed by atoms with E-state index in [4.69, 9.17) is 14.2 Å². The van der Waals surface area contributed by atoms with Gasteiger partial charge in [-0.1, -0.05) is 28.5 Å². The summed E-state index contributed by atoms with van der Waals surface area (Å²) in [6.07, 6.45) is 7.49. The Kier molecular flexibility index (Phi) is 9.04. The quantitative estimate of drug-likeness (QED) is 0.460. The number of esters is 1. The standard InChI is InChI=1S/C16H28O4S2/c1-2-9-18-15(17)12-13(6-7-14-8-11-21-22-14)20-16-5-3-4-10-19-16/h13-14,16H,2-12H2,1H3/t13?,14-,16?/m1/s1. The third kappa shape index (κ3) is 7.11. The maximum absolute atomic E-state index is 11.9. The highest BCUT2D eigenvalue weighted by Gasteiger charge is 2.25. The van der Waals surface area contributed by atoms with Crippen LogP contribution in [0.25, 0.3) is 0 Å². The van der Waals surface area contributed by atoms with Crippen LogP contribution in [-0.2, 0) is 19.0 Å². The Morgan fingerprint density at radius 3 is 2.95 bits per heavy atom. The smallest absolute Gasteiger partial charge is 0.308 e. The molecule has 0 bridgehead atoms. The molecule has 0 N–H and O–H groups in total. The van der Waals surface area contributed by atoms with Crippen molar-refractivity contribution < 1.29 is 19.0 Å². The number of carbonyl (C=O) groups excluding carboxylic acids is 1. The molecule has 6 heteroatoms. The molecule has 2 rings (SSSR count). The van der Waals surface area contributed by atoms with E-state index in [1.165, 1.54) is 12.2 Å². The van der Waals surface area contributed by atoms with E-state index >= 15 is 0 Å². The molecule has 2 aliphatic heterocycles. The second kappa shape index (κ2) is 10.8. The van der Waals surface area contributed by atoms with Gasteiger partial charge in [-0.05, 0) is 44.9 Å². The van der Waals surface area contributed by atoms with Crippen LogP contribution in [0.4, 0.5) is 0 Å². The lowest BCUT2D eigenvalue weighted by molar-refractivity contribution is -0.194. The fraction of sp³-hybridized carbons (Fsp3) is 0.938. The van der Waals surface area contributed by atoms with Crippen LogP contribution in [0, 0.1) is 0 Å². The molecule has 4 nitrogen and oxygen atoms in total. The molecule has 0 saturated carbocycles. The number of ether oxygens (including phenoxy) is 3. The summed E-state index contributed by atoms with van der Waals surface area (Å²) >= 11 is 0. The van der Waals surface area contributed by atoms with Crippen molar-refractivity contribution in [2.45, 2.75) is 75.9 Å². The molecule has 128 valence electrons. The first kappa shape index (κ1) is 18.4. The largest absolute Gasteiger partial charge is 0.466 e. The van der Waals surface area contributed by atoms with Crippen molar-refractivity contribution in [3.8, 4) is 0 Å². The maximum Gasteiger partial charge on any atom is 0.308 e. The minimum Gasteiger partial charge on any atom is -0.466 e. The van der Waals surface area contributed by atoms with Crippen molar-refractivity contribution in [3.05, 3.63) is 0 Å². The van der Waals surface area contributed by atoms with E-state index in [0.717, 1.165) is 45.1 Å². The summed E-state index contributed by atoms with van der Waals surface area (Å²) < 4.78 is 16.9. The van der Waals surface area contributed by atoms with E-state index in [0.29, 0.717) is 18.3 Å². The van der Waals surface area contributed by atoms with Gasteiger partial charge in [0.25, 0.3) is 0 Å². The van der Waals surface area contributed by atoms with Gasteiger partial charge in [-0.25, -0.2) is 0 Å².